The van der Waals surface area contributed by atoms with Gasteiger partial charge >= 0.3 is 0 Å². The number of carbonyl (C=O) groups is 2. The smallest absolute Gasteiger partial charge is 0.265 e. The lowest BCUT2D eigenvalue weighted by atomic mass is 10.1. The molecule has 0 saturated carbocycles. The highest BCUT2D eigenvalue weighted by Crippen LogP contribution is 2.34. The molecule has 1 aliphatic rings. The Bertz CT molecular complexity index is 501. The first-order chi connectivity index (χ1) is 9.08. The van der Waals surface area contributed by atoms with Crippen LogP contribution in [0.3, 0.4) is 0 Å². The van der Waals surface area contributed by atoms with Crippen LogP contribution < -0.4 is 9.64 Å². The molecule has 0 spiro atoms. The predicted molar refractivity (Wildman–Crippen MR) is 76.5 cm³/mol. The van der Waals surface area contributed by atoms with Crippen LogP contribution in [0.5, 0.6) is 5.75 Å². The molecular weight excluding hydrogens is 310 g/mol. The number of Topliss-reactive ketones (excluding diaryl/α,β-unsaturated/α-hetero) is 1. The summed E-state index contributed by atoms with van der Waals surface area (Å²) >= 11 is 3.40. The highest BCUT2D eigenvalue weighted by Gasteiger charge is 2.25. The second kappa shape index (κ2) is 6.19. The predicted octanol–water partition coefficient (Wildman–Crippen LogP) is 2.93. The van der Waals surface area contributed by atoms with E-state index in [2.05, 4.69) is 15.9 Å². The molecule has 0 unspecified atom stereocenters. The Kier molecular flexibility index (Phi) is 4.58. The maximum Gasteiger partial charge on any atom is 0.265 e. The zero-order chi connectivity index (χ0) is 13.8. The first-order valence-electron chi connectivity index (χ1n) is 6.30. The third kappa shape index (κ3) is 3.56. The molecule has 0 aromatic heterocycles. The Morgan fingerprint density at radius 2 is 2.21 bits per heavy atom. The fourth-order valence-electron chi connectivity index (χ4n) is 2.06. The second-order valence-electron chi connectivity index (χ2n) is 4.61. The lowest BCUT2D eigenvalue weighted by Gasteiger charge is -2.29. The summed E-state index contributed by atoms with van der Waals surface area (Å²) in [6.45, 7) is 2.30. The Labute approximate surface area is 120 Å². The number of halogens is 1. The molecule has 0 bridgehead atoms. The van der Waals surface area contributed by atoms with E-state index in [4.69, 9.17) is 4.74 Å². The Morgan fingerprint density at radius 1 is 1.42 bits per heavy atom. The van der Waals surface area contributed by atoms with Gasteiger partial charge in [-0.25, -0.2) is 0 Å². The van der Waals surface area contributed by atoms with Crippen molar-refractivity contribution in [1.82, 2.24) is 0 Å². The molecule has 1 heterocycles. The summed E-state index contributed by atoms with van der Waals surface area (Å²) in [7, 11) is 0. The number of carbonyl (C=O) groups excluding carboxylic acids is 2. The number of rotatable bonds is 5. The average molecular weight is 326 g/mol. The van der Waals surface area contributed by atoms with E-state index in [0.717, 1.165) is 28.8 Å². The summed E-state index contributed by atoms with van der Waals surface area (Å²) in [5.74, 6) is 0.888. The van der Waals surface area contributed by atoms with Crippen molar-refractivity contribution in [3.8, 4) is 5.75 Å². The topological polar surface area (TPSA) is 46.6 Å². The van der Waals surface area contributed by atoms with Gasteiger partial charge in [-0.1, -0.05) is 15.9 Å². The standard InChI is InChI=1S/C14H16BrNO3/c1-10(17)4-2-3-7-16-12-8-11(15)5-6-13(12)19-9-14(16)18/h5-6,8H,2-4,7,9H2,1H3. The molecule has 4 nitrogen and oxygen atoms in total. The first-order valence-corrected chi connectivity index (χ1v) is 7.09. The number of hydrogen-bond acceptors (Lipinski definition) is 3. The Hall–Kier alpha value is -1.36. The summed E-state index contributed by atoms with van der Waals surface area (Å²) in [6.07, 6.45) is 2.20. The molecule has 1 aromatic carbocycles. The van der Waals surface area contributed by atoms with Crippen molar-refractivity contribution in [3.05, 3.63) is 22.7 Å². The monoisotopic (exact) mass is 325 g/mol. The minimum atomic E-state index is -0.0339. The van der Waals surface area contributed by atoms with Crippen LogP contribution in [0.1, 0.15) is 26.2 Å². The number of unbranched alkanes of at least 4 members (excludes halogenated alkanes) is 1. The van der Waals surface area contributed by atoms with Crippen molar-refractivity contribution in [2.45, 2.75) is 26.2 Å². The second-order valence-corrected chi connectivity index (χ2v) is 5.52. The molecule has 0 fully saturated rings. The first kappa shape index (κ1) is 14.1. The number of benzene rings is 1. The van der Waals surface area contributed by atoms with Gasteiger partial charge in [0.1, 0.15) is 11.5 Å². The van der Waals surface area contributed by atoms with Crippen LogP contribution >= 0.6 is 15.9 Å². The minimum absolute atomic E-state index is 0.0339. The van der Waals surface area contributed by atoms with Gasteiger partial charge in [-0.15, -0.1) is 0 Å². The summed E-state index contributed by atoms with van der Waals surface area (Å²) in [5, 5.41) is 0. The van der Waals surface area contributed by atoms with Gasteiger partial charge in [-0.3, -0.25) is 4.79 Å². The van der Waals surface area contributed by atoms with Crippen LogP contribution in [0.25, 0.3) is 0 Å². The maximum absolute atomic E-state index is 11.9. The number of nitrogens with zero attached hydrogens (tertiary/aromatic N) is 1. The van der Waals surface area contributed by atoms with Crippen LogP contribution in [-0.2, 0) is 9.59 Å². The molecule has 19 heavy (non-hydrogen) atoms. The van der Waals surface area contributed by atoms with E-state index >= 15 is 0 Å². The zero-order valence-corrected chi connectivity index (χ0v) is 12.4. The highest BCUT2D eigenvalue weighted by molar-refractivity contribution is 9.10. The van der Waals surface area contributed by atoms with Crippen LogP contribution in [0.4, 0.5) is 5.69 Å². The lowest BCUT2D eigenvalue weighted by Crippen LogP contribution is -2.39. The van der Waals surface area contributed by atoms with Crippen LogP contribution in [0.2, 0.25) is 0 Å². The van der Waals surface area contributed by atoms with Gasteiger partial charge in [0, 0.05) is 17.4 Å². The van der Waals surface area contributed by atoms with Crippen molar-refractivity contribution in [2.75, 3.05) is 18.1 Å². The highest BCUT2D eigenvalue weighted by atomic mass is 79.9. The molecule has 1 aromatic rings. The fourth-order valence-corrected chi connectivity index (χ4v) is 2.41. The van der Waals surface area contributed by atoms with Crippen molar-refractivity contribution >= 4 is 33.3 Å². The van der Waals surface area contributed by atoms with E-state index in [0.29, 0.717) is 13.0 Å². The van der Waals surface area contributed by atoms with E-state index in [1.807, 2.05) is 18.2 Å². The molecule has 1 aliphatic heterocycles. The van der Waals surface area contributed by atoms with Gasteiger partial charge in [-0.05, 0) is 38.0 Å². The van der Waals surface area contributed by atoms with E-state index < -0.39 is 0 Å². The van der Waals surface area contributed by atoms with E-state index in [1.54, 1.807) is 11.8 Å². The molecule has 0 aliphatic carbocycles. The Morgan fingerprint density at radius 3 is 2.95 bits per heavy atom. The third-order valence-corrected chi connectivity index (χ3v) is 3.52. The quantitative estimate of drug-likeness (QED) is 0.782. The third-order valence-electron chi connectivity index (χ3n) is 3.02. The molecule has 0 radical (unpaired) electrons. The number of anilines is 1. The molecule has 0 saturated heterocycles. The number of hydrogen-bond donors (Lipinski definition) is 0. The van der Waals surface area contributed by atoms with E-state index in [-0.39, 0.29) is 18.3 Å². The molecule has 102 valence electrons. The maximum atomic E-state index is 11.9. The molecule has 1 amide bonds. The number of ketones is 1. The van der Waals surface area contributed by atoms with Gasteiger partial charge in [0.05, 0.1) is 5.69 Å². The van der Waals surface area contributed by atoms with Crippen LogP contribution in [0, 0.1) is 0 Å². The van der Waals surface area contributed by atoms with Crippen molar-refractivity contribution in [3.63, 3.8) is 0 Å². The number of fused-ring (bicyclic) bond motifs is 1. The molecule has 0 atom stereocenters. The van der Waals surface area contributed by atoms with Gasteiger partial charge in [-0.2, -0.15) is 0 Å². The normalized spacial score (nSPS) is 14.0. The Balaban J connectivity index is 2.05. The summed E-state index contributed by atoms with van der Waals surface area (Å²) in [5.41, 5.74) is 0.799. The summed E-state index contributed by atoms with van der Waals surface area (Å²) < 4.78 is 6.31. The number of amides is 1. The molecular formula is C14H16BrNO3. The molecule has 0 N–H and O–H groups in total. The van der Waals surface area contributed by atoms with Crippen LogP contribution in [0.15, 0.2) is 22.7 Å². The van der Waals surface area contributed by atoms with Crippen molar-refractivity contribution in [1.29, 1.82) is 0 Å². The van der Waals surface area contributed by atoms with Crippen molar-refractivity contribution < 1.29 is 14.3 Å². The van der Waals surface area contributed by atoms with Crippen LogP contribution in [-0.4, -0.2) is 24.8 Å². The van der Waals surface area contributed by atoms with E-state index in [1.165, 1.54) is 0 Å². The fraction of sp³-hybridized carbons (Fsp3) is 0.429. The van der Waals surface area contributed by atoms with Crippen molar-refractivity contribution in [2.24, 2.45) is 0 Å². The largest absolute Gasteiger partial charge is 0.482 e. The van der Waals surface area contributed by atoms with Gasteiger partial charge < -0.3 is 14.4 Å². The van der Waals surface area contributed by atoms with Gasteiger partial charge in [0.2, 0.25) is 0 Å². The SMILES string of the molecule is CC(=O)CCCCN1C(=O)COc2ccc(Br)cc21. The van der Waals surface area contributed by atoms with Gasteiger partial charge in [0.15, 0.2) is 6.61 Å². The average Bonchev–Trinajstić information content (AvgIpc) is 2.36. The lowest BCUT2D eigenvalue weighted by molar-refractivity contribution is -0.121. The minimum Gasteiger partial charge on any atom is -0.482 e. The zero-order valence-electron chi connectivity index (χ0n) is 10.8. The van der Waals surface area contributed by atoms with Gasteiger partial charge in [0.25, 0.3) is 5.91 Å². The summed E-state index contributed by atoms with van der Waals surface area (Å²) in [6, 6.07) is 5.63. The summed E-state index contributed by atoms with van der Waals surface area (Å²) in [4.78, 5) is 24.6. The molecule has 5 heteroatoms. The number of ether oxygens (including phenoxy) is 1. The van der Waals surface area contributed by atoms with E-state index in [9.17, 15) is 9.59 Å². The molecule has 2 rings (SSSR count).